The molecule has 2 unspecified atom stereocenters. The molecule has 2 bridgehead atoms. The summed E-state index contributed by atoms with van der Waals surface area (Å²) in [5.41, 5.74) is 1.19. The molecular weight excluding hydrogens is 265 g/mol. The van der Waals surface area contributed by atoms with Crippen LogP contribution in [0.3, 0.4) is 0 Å². The van der Waals surface area contributed by atoms with E-state index < -0.39 is 0 Å². The predicted octanol–water partition coefficient (Wildman–Crippen LogP) is 3.37. The minimum absolute atomic E-state index is 0.210. The van der Waals surface area contributed by atoms with Gasteiger partial charge in [0.05, 0.1) is 12.2 Å². The molecule has 0 saturated carbocycles. The number of nitrogens with zero attached hydrogens (tertiary/aromatic N) is 1. The van der Waals surface area contributed by atoms with E-state index >= 15 is 0 Å². The van der Waals surface area contributed by atoms with Crippen LogP contribution in [0.15, 0.2) is 18.2 Å². The number of ether oxygens (including phenoxy) is 1. The minimum Gasteiger partial charge on any atom is -0.369 e. The van der Waals surface area contributed by atoms with Crippen LogP contribution in [0.1, 0.15) is 31.2 Å². The third-order valence-corrected chi connectivity index (χ3v) is 5.04. The van der Waals surface area contributed by atoms with Gasteiger partial charge in [-0.1, -0.05) is 11.6 Å². The van der Waals surface area contributed by atoms with Gasteiger partial charge in [-0.05, 0) is 49.4 Å². The van der Waals surface area contributed by atoms with Crippen molar-refractivity contribution in [2.24, 2.45) is 0 Å². The zero-order valence-corrected chi connectivity index (χ0v) is 11.5. The highest BCUT2D eigenvalue weighted by atomic mass is 35.5. The van der Waals surface area contributed by atoms with Gasteiger partial charge in [0.2, 0.25) is 0 Å². The molecular formula is C15H17ClFNO. The number of benzene rings is 1. The SMILES string of the molecule is Fc1cc(Cl)cc(CN2C3CCC2CC2(CO2)C3)c1. The molecule has 1 aromatic carbocycles. The summed E-state index contributed by atoms with van der Waals surface area (Å²) in [5, 5.41) is 0.487. The normalized spacial score (nSPS) is 36.9. The first-order valence-electron chi connectivity index (χ1n) is 6.98. The van der Waals surface area contributed by atoms with Crippen molar-refractivity contribution in [1.29, 1.82) is 0 Å². The van der Waals surface area contributed by atoms with Crippen molar-refractivity contribution in [2.75, 3.05) is 6.61 Å². The molecule has 3 fully saturated rings. The Bertz CT molecular complexity index is 481. The monoisotopic (exact) mass is 281 g/mol. The zero-order valence-electron chi connectivity index (χ0n) is 10.7. The Morgan fingerprint density at radius 3 is 2.53 bits per heavy atom. The maximum atomic E-state index is 13.4. The summed E-state index contributed by atoms with van der Waals surface area (Å²) in [5.74, 6) is -0.242. The number of piperidine rings is 1. The number of halogens is 2. The fourth-order valence-corrected chi connectivity index (χ4v) is 4.15. The largest absolute Gasteiger partial charge is 0.369 e. The lowest BCUT2D eigenvalue weighted by Gasteiger charge is -2.37. The lowest BCUT2D eigenvalue weighted by atomic mass is 9.91. The first-order chi connectivity index (χ1) is 9.13. The molecule has 0 radical (unpaired) electrons. The van der Waals surface area contributed by atoms with Crippen molar-refractivity contribution in [3.8, 4) is 0 Å². The molecule has 4 heteroatoms. The topological polar surface area (TPSA) is 15.8 Å². The Morgan fingerprint density at radius 2 is 1.95 bits per heavy atom. The molecule has 0 aliphatic carbocycles. The first kappa shape index (κ1) is 12.1. The van der Waals surface area contributed by atoms with Crippen molar-refractivity contribution in [2.45, 2.75) is 49.9 Å². The van der Waals surface area contributed by atoms with E-state index in [4.69, 9.17) is 16.3 Å². The van der Waals surface area contributed by atoms with Crippen LogP contribution in [-0.2, 0) is 11.3 Å². The Labute approximate surface area is 117 Å². The highest BCUT2D eigenvalue weighted by molar-refractivity contribution is 6.30. The van der Waals surface area contributed by atoms with Gasteiger partial charge in [0.1, 0.15) is 5.82 Å². The van der Waals surface area contributed by atoms with Gasteiger partial charge in [0.25, 0.3) is 0 Å². The summed E-state index contributed by atoms with van der Waals surface area (Å²) >= 11 is 5.93. The van der Waals surface area contributed by atoms with E-state index in [0.29, 0.717) is 17.1 Å². The van der Waals surface area contributed by atoms with Crippen molar-refractivity contribution < 1.29 is 9.13 Å². The maximum Gasteiger partial charge on any atom is 0.125 e. The van der Waals surface area contributed by atoms with E-state index in [9.17, 15) is 4.39 Å². The highest BCUT2D eigenvalue weighted by Crippen LogP contribution is 2.49. The molecule has 3 aliphatic heterocycles. The molecule has 0 aromatic heterocycles. The standard InChI is InChI=1S/C15H17ClFNO/c16-11-3-10(4-12(17)5-11)8-18-13-1-2-14(18)7-15(6-13)9-19-15/h3-5,13-14H,1-2,6-9H2. The number of hydrogen-bond acceptors (Lipinski definition) is 2. The van der Waals surface area contributed by atoms with Crippen LogP contribution in [0.5, 0.6) is 0 Å². The molecule has 4 rings (SSSR count). The minimum atomic E-state index is -0.242. The van der Waals surface area contributed by atoms with Crippen molar-refractivity contribution >= 4 is 11.6 Å². The molecule has 0 N–H and O–H groups in total. The smallest absolute Gasteiger partial charge is 0.125 e. The van der Waals surface area contributed by atoms with E-state index in [1.807, 2.05) is 6.07 Å². The van der Waals surface area contributed by atoms with E-state index in [1.165, 1.54) is 18.9 Å². The fourth-order valence-electron chi connectivity index (χ4n) is 3.90. The van der Waals surface area contributed by atoms with Crippen LogP contribution in [-0.4, -0.2) is 29.2 Å². The molecule has 3 heterocycles. The average Bonchev–Trinajstić information content (AvgIpc) is 3.04. The van der Waals surface area contributed by atoms with Gasteiger partial charge >= 0.3 is 0 Å². The summed E-state index contributed by atoms with van der Waals surface area (Å²) in [6.07, 6.45) is 4.79. The summed E-state index contributed by atoms with van der Waals surface area (Å²) < 4.78 is 19.0. The van der Waals surface area contributed by atoms with Gasteiger partial charge in [-0.15, -0.1) is 0 Å². The van der Waals surface area contributed by atoms with Gasteiger partial charge in [-0.2, -0.15) is 0 Å². The number of hydrogen-bond donors (Lipinski definition) is 0. The Morgan fingerprint density at radius 1 is 1.26 bits per heavy atom. The van der Waals surface area contributed by atoms with Crippen LogP contribution in [0, 0.1) is 5.82 Å². The molecule has 0 amide bonds. The quantitative estimate of drug-likeness (QED) is 0.773. The maximum absolute atomic E-state index is 13.4. The summed E-state index contributed by atoms with van der Waals surface area (Å²) in [6.45, 7) is 1.75. The molecule has 3 aliphatic rings. The average molecular weight is 282 g/mol. The molecule has 3 saturated heterocycles. The molecule has 2 atom stereocenters. The molecule has 1 aromatic rings. The van der Waals surface area contributed by atoms with Crippen molar-refractivity contribution in [1.82, 2.24) is 4.90 Å². The third kappa shape index (κ3) is 2.18. The van der Waals surface area contributed by atoms with Gasteiger partial charge in [0, 0.05) is 23.7 Å². The van der Waals surface area contributed by atoms with Gasteiger partial charge in [-0.25, -0.2) is 4.39 Å². The number of rotatable bonds is 2. The first-order valence-corrected chi connectivity index (χ1v) is 7.36. The zero-order chi connectivity index (χ0) is 13.0. The summed E-state index contributed by atoms with van der Waals surface area (Å²) in [6, 6.07) is 6.04. The van der Waals surface area contributed by atoms with Crippen LogP contribution < -0.4 is 0 Å². The van der Waals surface area contributed by atoms with Crippen LogP contribution >= 0.6 is 11.6 Å². The Kier molecular flexibility index (Phi) is 2.66. The van der Waals surface area contributed by atoms with E-state index in [2.05, 4.69) is 4.90 Å². The molecule has 1 spiro atoms. The van der Waals surface area contributed by atoms with Gasteiger partial charge in [-0.3, -0.25) is 4.90 Å². The van der Waals surface area contributed by atoms with E-state index in [1.54, 1.807) is 6.07 Å². The second-order valence-electron chi connectivity index (χ2n) is 6.21. The summed E-state index contributed by atoms with van der Waals surface area (Å²) in [7, 11) is 0. The van der Waals surface area contributed by atoms with E-state index in [-0.39, 0.29) is 11.4 Å². The summed E-state index contributed by atoms with van der Waals surface area (Å²) in [4.78, 5) is 2.53. The highest BCUT2D eigenvalue weighted by Gasteiger charge is 2.55. The number of fused-ring (bicyclic) bond motifs is 2. The Balaban J connectivity index is 1.54. The van der Waals surface area contributed by atoms with Crippen molar-refractivity contribution in [3.05, 3.63) is 34.6 Å². The van der Waals surface area contributed by atoms with Crippen LogP contribution in [0.4, 0.5) is 4.39 Å². The van der Waals surface area contributed by atoms with Crippen LogP contribution in [0.2, 0.25) is 5.02 Å². The molecule has 2 nitrogen and oxygen atoms in total. The number of epoxide rings is 1. The second kappa shape index (κ2) is 4.18. The predicted molar refractivity (Wildman–Crippen MR) is 71.7 cm³/mol. The van der Waals surface area contributed by atoms with Gasteiger partial charge < -0.3 is 4.74 Å². The third-order valence-electron chi connectivity index (χ3n) is 4.83. The molecule has 19 heavy (non-hydrogen) atoms. The lowest BCUT2D eigenvalue weighted by Crippen LogP contribution is -2.45. The second-order valence-corrected chi connectivity index (χ2v) is 6.65. The Hall–Kier alpha value is -0.640. The fraction of sp³-hybridized carbons (Fsp3) is 0.600. The van der Waals surface area contributed by atoms with Crippen LogP contribution in [0.25, 0.3) is 0 Å². The van der Waals surface area contributed by atoms with Gasteiger partial charge in [0.15, 0.2) is 0 Å². The molecule has 102 valence electrons. The lowest BCUT2D eigenvalue weighted by molar-refractivity contribution is 0.0741. The van der Waals surface area contributed by atoms with E-state index in [0.717, 1.165) is 31.6 Å². The van der Waals surface area contributed by atoms with Crippen molar-refractivity contribution in [3.63, 3.8) is 0 Å².